The van der Waals surface area contributed by atoms with Gasteiger partial charge in [0.05, 0.1) is 0 Å². The maximum atomic E-state index is 12.4. The van der Waals surface area contributed by atoms with Gasteiger partial charge in [-0.3, -0.25) is 0 Å². The molecule has 0 aliphatic heterocycles. The molecule has 3 heterocycles. The summed E-state index contributed by atoms with van der Waals surface area (Å²) < 4.78 is 2.58. The fourth-order valence-corrected chi connectivity index (χ4v) is 4.16. The number of aromatic hydroxyl groups is 1. The quantitative estimate of drug-likeness (QED) is 0.493. The van der Waals surface area contributed by atoms with Crippen LogP contribution in [0.5, 0.6) is 6.01 Å². The maximum absolute atomic E-state index is 12.4. The summed E-state index contributed by atoms with van der Waals surface area (Å²) in [4.78, 5) is 20.3. The summed E-state index contributed by atoms with van der Waals surface area (Å²) in [6, 6.07) is 7.08. The third-order valence-corrected chi connectivity index (χ3v) is 5.21. The van der Waals surface area contributed by atoms with Crippen molar-refractivity contribution in [1.82, 2.24) is 23.7 Å². The van der Waals surface area contributed by atoms with Crippen LogP contribution >= 0.6 is 0 Å². The molecule has 4 aromatic rings. The molecule has 0 aliphatic rings. The van der Waals surface area contributed by atoms with Crippen LogP contribution in [-0.4, -0.2) is 43.6 Å². The first kappa shape index (κ1) is 11.4. The minimum absolute atomic E-state index is 0.110. The third kappa shape index (κ3) is 1.52. The van der Waals surface area contributed by atoms with E-state index in [-0.39, 0.29) is 26.3 Å². The fourth-order valence-electron chi connectivity index (χ4n) is 2.07. The Bertz CT molecular complexity index is 1000. The van der Waals surface area contributed by atoms with Crippen molar-refractivity contribution in [2.75, 3.05) is 0 Å². The van der Waals surface area contributed by atoms with E-state index in [0.29, 0.717) is 22.2 Å². The van der Waals surface area contributed by atoms with Gasteiger partial charge < -0.3 is 0 Å². The molecular weight excluding hydrogens is 325 g/mol. The number of hydrogen-bond acceptors (Lipinski definition) is 5. The summed E-state index contributed by atoms with van der Waals surface area (Å²) in [6.45, 7) is 0. The molecular formula is C12H7N5O2Se. The summed E-state index contributed by atoms with van der Waals surface area (Å²) in [5.74, 6) is 0.391. The van der Waals surface area contributed by atoms with Crippen molar-refractivity contribution in [3.63, 3.8) is 0 Å². The van der Waals surface area contributed by atoms with Gasteiger partial charge in [0, 0.05) is 0 Å². The molecule has 4 rings (SSSR count). The Kier molecular flexibility index (Phi) is 2.29. The summed E-state index contributed by atoms with van der Waals surface area (Å²) >= 11 is -0.210. The SMILES string of the molecule is O=c1c2ccccc2[se]n1-c1nc(O)nc2n[nH]cc12. The van der Waals surface area contributed by atoms with Crippen LogP contribution in [-0.2, 0) is 0 Å². The van der Waals surface area contributed by atoms with Gasteiger partial charge in [0.1, 0.15) is 0 Å². The molecule has 0 bridgehead atoms. The first-order valence-corrected chi connectivity index (χ1v) is 7.38. The van der Waals surface area contributed by atoms with Gasteiger partial charge in [0.15, 0.2) is 0 Å². The van der Waals surface area contributed by atoms with Gasteiger partial charge in [-0.15, -0.1) is 0 Å². The number of nitrogens with zero attached hydrogens (tertiary/aromatic N) is 4. The number of hydrogen-bond donors (Lipinski definition) is 2. The Morgan fingerprint density at radius 3 is 2.90 bits per heavy atom. The van der Waals surface area contributed by atoms with Gasteiger partial charge in [0.2, 0.25) is 0 Å². The monoisotopic (exact) mass is 333 g/mol. The Labute approximate surface area is 117 Å². The summed E-state index contributed by atoms with van der Waals surface area (Å²) in [7, 11) is 0. The molecule has 0 atom stereocenters. The van der Waals surface area contributed by atoms with E-state index in [9.17, 15) is 9.90 Å². The number of benzene rings is 1. The second kappa shape index (κ2) is 4.03. The van der Waals surface area contributed by atoms with Crippen LogP contribution in [0.1, 0.15) is 0 Å². The van der Waals surface area contributed by atoms with E-state index >= 15 is 0 Å². The molecule has 2 N–H and O–H groups in total. The molecule has 1 aromatic carbocycles. The number of aromatic nitrogens is 5. The van der Waals surface area contributed by atoms with E-state index in [1.165, 1.54) is 0 Å². The molecule has 0 saturated carbocycles. The summed E-state index contributed by atoms with van der Waals surface area (Å²) in [5, 5.41) is 17.5. The van der Waals surface area contributed by atoms with Gasteiger partial charge in [-0.25, -0.2) is 0 Å². The van der Waals surface area contributed by atoms with Crippen molar-refractivity contribution < 1.29 is 5.11 Å². The predicted molar refractivity (Wildman–Crippen MR) is 73.4 cm³/mol. The van der Waals surface area contributed by atoms with Gasteiger partial charge in [-0.1, -0.05) is 0 Å². The van der Waals surface area contributed by atoms with E-state index in [4.69, 9.17) is 0 Å². The van der Waals surface area contributed by atoms with Crippen LogP contribution in [0.15, 0.2) is 35.3 Å². The van der Waals surface area contributed by atoms with Crippen molar-refractivity contribution in [3.05, 3.63) is 40.8 Å². The zero-order valence-electron chi connectivity index (χ0n) is 9.94. The van der Waals surface area contributed by atoms with E-state index in [2.05, 4.69) is 20.2 Å². The Morgan fingerprint density at radius 1 is 1.20 bits per heavy atom. The van der Waals surface area contributed by atoms with Crippen molar-refractivity contribution in [1.29, 1.82) is 0 Å². The fraction of sp³-hybridized carbons (Fsp3) is 0. The average molecular weight is 332 g/mol. The van der Waals surface area contributed by atoms with E-state index in [1.54, 1.807) is 15.8 Å². The van der Waals surface area contributed by atoms with Crippen LogP contribution in [0, 0.1) is 0 Å². The van der Waals surface area contributed by atoms with Crippen LogP contribution in [0.3, 0.4) is 0 Å². The molecule has 0 radical (unpaired) electrons. The molecule has 98 valence electrons. The van der Waals surface area contributed by atoms with Gasteiger partial charge in [-0.2, -0.15) is 0 Å². The van der Waals surface area contributed by atoms with Gasteiger partial charge in [-0.05, 0) is 0 Å². The number of fused-ring (bicyclic) bond motifs is 2. The van der Waals surface area contributed by atoms with Gasteiger partial charge >= 0.3 is 117 Å². The molecule has 3 aromatic heterocycles. The zero-order chi connectivity index (χ0) is 13.7. The normalized spacial score (nSPS) is 11.4. The number of nitrogens with one attached hydrogen (secondary N) is 1. The number of rotatable bonds is 1. The third-order valence-electron chi connectivity index (χ3n) is 2.96. The van der Waals surface area contributed by atoms with E-state index in [0.717, 1.165) is 4.26 Å². The standard InChI is InChI=1S/C12H7N5O2Se/c18-11-6-3-1-2-4-8(6)20-17(11)10-7-5-13-16-9(7)14-12(19)15-10/h1-5H,(H2,13,14,15,16,19). The predicted octanol–water partition coefficient (Wildman–Crippen LogP) is 0.420. The van der Waals surface area contributed by atoms with Crippen molar-refractivity contribution >= 4 is 35.4 Å². The summed E-state index contributed by atoms with van der Waals surface area (Å²) in [5.41, 5.74) is 0.230. The Hall–Kier alpha value is -2.44. The average Bonchev–Trinajstić information content (AvgIpc) is 3.03. The minimum atomic E-state index is -0.390. The van der Waals surface area contributed by atoms with E-state index in [1.807, 2.05) is 18.2 Å². The van der Waals surface area contributed by atoms with Crippen LogP contribution in [0.4, 0.5) is 0 Å². The molecule has 0 aliphatic carbocycles. The molecule has 0 amide bonds. The molecule has 0 spiro atoms. The molecule has 0 fully saturated rings. The zero-order valence-corrected chi connectivity index (χ0v) is 11.7. The molecule has 0 saturated heterocycles. The molecule has 8 heteroatoms. The molecule has 7 nitrogen and oxygen atoms in total. The Balaban J connectivity index is 2.13. The number of H-pyrrole nitrogens is 1. The van der Waals surface area contributed by atoms with Crippen molar-refractivity contribution in [2.24, 2.45) is 0 Å². The topological polar surface area (TPSA) is 96.7 Å². The van der Waals surface area contributed by atoms with Crippen molar-refractivity contribution in [3.8, 4) is 11.8 Å². The second-order valence-electron chi connectivity index (χ2n) is 4.16. The Morgan fingerprint density at radius 2 is 2.05 bits per heavy atom. The van der Waals surface area contributed by atoms with E-state index < -0.39 is 0 Å². The summed E-state index contributed by atoms with van der Waals surface area (Å²) in [6.07, 6.45) is 1.62. The van der Waals surface area contributed by atoms with Crippen LogP contribution in [0.2, 0.25) is 0 Å². The first-order chi connectivity index (χ1) is 9.74. The second-order valence-corrected chi connectivity index (χ2v) is 6.23. The van der Waals surface area contributed by atoms with Gasteiger partial charge in [0.25, 0.3) is 0 Å². The molecule has 0 unspecified atom stereocenters. The first-order valence-electron chi connectivity index (χ1n) is 5.76. The van der Waals surface area contributed by atoms with Crippen LogP contribution < -0.4 is 5.56 Å². The number of aromatic amines is 1. The van der Waals surface area contributed by atoms with Crippen molar-refractivity contribution in [2.45, 2.75) is 0 Å². The van der Waals surface area contributed by atoms with Crippen LogP contribution in [0.25, 0.3) is 26.5 Å². The molecule has 20 heavy (non-hydrogen) atoms.